The van der Waals surface area contributed by atoms with Crippen LogP contribution in [-0.2, 0) is 6.61 Å². The van der Waals surface area contributed by atoms with Crippen LogP contribution in [0.25, 0.3) is 0 Å². The third kappa shape index (κ3) is 25.3. The average Bonchev–Trinajstić information content (AvgIpc) is 2.68. The molecule has 3 heteroatoms. The van der Waals surface area contributed by atoms with Crippen molar-refractivity contribution in [3.05, 3.63) is 35.9 Å². The zero-order valence-electron chi connectivity index (χ0n) is 17.3. The molecular weight excluding hydrogens is 324 g/mol. The van der Waals surface area contributed by atoms with Gasteiger partial charge in [0, 0.05) is 13.2 Å². The van der Waals surface area contributed by atoms with Gasteiger partial charge in [-0.15, -0.1) is 0 Å². The number of aliphatic hydroxyl groups excluding tert-OH is 3. The van der Waals surface area contributed by atoms with Gasteiger partial charge in [-0.3, -0.25) is 0 Å². The summed E-state index contributed by atoms with van der Waals surface area (Å²) >= 11 is 0. The van der Waals surface area contributed by atoms with Gasteiger partial charge in [0.25, 0.3) is 0 Å². The van der Waals surface area contributed by atoms with Crippen LogP contribution in [0.15, 0.2) is 30.3 Å². The number of benzene rings is 1. The lowest BCUT2D eigenvalue weighted by molar-refractivity contribution is 0.281. The van der Waals surface area contributed by atoms with Gasteiger partial charge in [-0.05, 0) is 18.9 Å². The Hall–Kier alpha value is -0.900. The lowest BCUT2D eigenvalue weighted by Gasteiger charge is -2.01. The van der Waals surface area contributed by atoms with Crippen molar-refractivity contribution in [2.75, 3.05) is 13.2 Å². The van der Waals surface area contributed by atoms with Crippen molar-refractivity contribution >= 4 is 0 Å². The molecular formula is C23H44O3. The van der Waals surface area contributed by atoms with Crippen molar-refractivity contribution in [3.8, 4) is 0 Å². The SMILES string of the molecule is CCCCCCCCCCCCCCO.CCO.OCc1ccccc1. The maximum atomic E-state index is 8.61. The number of hydrogen-bond donors (Lipinski definition) is 3. The molecule has 0 atom stereocenters. The summed E-state index contributed by atoms with van der Waals surface area (Å²) < 4.78 is 0. The van der Waals surface area contributed by atoms with Crippen molar-refractivity contribution in [2.45, 2.75) is 97.5 Å². The van der Waals surface area contributed by atoms with Crippen LogP contribution in [0.5, 0.6) is 0 Å². The first-order valence-electron chi connectivity index (χ1n) is 10.6. The smallest absolute Gasteiger partial charge is 0.0681 e. The monoisotopic (exact) mass is 368 g/mol. The van der Waals surface area contributed by atoms with E-state index in [1.54, 1.807) is 6.92 Å². The summed E-state index contributed by atoms with van der Waals surface area (Å²) in [5, 5.41) is 24.7. The van der Waals surface area contributed by atoms with E-state index in [1.807, 2.05) is 30.3 Å². The van der Waals surface area contributed by atoms with Gasteiger partial charge in [-0.1, -0.05) is 108 Å². The molecule has 3 nitrogen and oxygen atoms in total. The Kier molecular flexibility index (Phi) is 27.7. The maximum absolute atomic E-state index is 8.61. The fourth-order valence-electron chi connectivity index (χ4n) is 2.54. The number of hydrogen-bond acceptors (Lipinski definition) is 3. The average molecular weight is 369 g/mol. The van der Waals surface area contributed by atoms with Gasteiger partial charge in [0.1, 0.15) is 0 Å². The Labute approximate surface area is 162 Å². The standard InChI is InChI=1S/C14H30O.C7H8O.C2H6O/c1-2-3-4-5-6-7-8-9-10-11-12-13-14-15;8-6-7-4-2-1-3-5-7;1-2-3/h15H,2-14H2,1H3;1-5,8H,6H2;3H,2H2,1H3. The number of aliphatic hydroxyl groups is 3. The van der Waals surface area contributed by atoms with E-state index in [2.05, 4.69) is 6.92 Å². The van der Waals surface area contributed by atoms with E-state index in [0.717, 1.165) is 12.0 Å². The minimum absolute atomic E-state index is 0.140. The summed E-state index contributed by atoms with van der Waals surface area (Å²) in [5.41, 5.74) is 0.965. The first kappa shape index (κ1) is 27.3. The highest BCUT2D eigenvalue weighted by atomic mass is 16.3. The second kappa shape index (κ2) is 26.3. The van der Waals surface area contributed by atoms with Crippen molar-refractivity contribution in [2.24, 2.45) is 0 Å². The molecule has 0 saturated heterocycles. The highest BCUT2D eigenvalue weighted by Gasteiger charge is 1.92. The summed E-state index contributed by atoms with van der Waals surface area (Å²) in [6.45, 7) is 4.71. The van der Waals surface area contributed by atoms with Gasteiger partial charge >= 0.3 is 0 Å². The van der Waals surface area contributed by atoms with Gasteiger partial charge < -0.3 is 15.3 Å². The molecule has 26 heavy (non-hydrogen) atoms. The molecule has 1 rings (SSSR count). The van der Waals surface area contributed by atoms with Gasteiger partial charge in [0.2, 0.25) is 0 Å². The van der Waals surface area contributed by atoms with Crippen LogP contribution in [0.3, 0.4) is 0 Å². The first-order valence-corrected chi connectivity index (χ1v) is 10.6. The van der Waals surface area contributed by atoms with Gasteiger partial charge in [-0.2, -0.15) is 0 Å². The molecule has 0 spiro atoms. The van der Waals surface area contributed by atoms with Crippen molar-refractivity contribution in [1.82, 2.24) is 0 Å². The van der Waals surface area contributed by atoms with E-state index >= 15 is 0 Å². The summed E-state index contributed by atoms with van der Waals surface area (Å²) in [7, 11) is 0. The zero-order chi connectivity index (χ0) is 19.7. The van der Waals surface area contributed by atoms with Crippen LogP contribution < -0.4 is 0 Å². The van der Waals surface area contributed by atoms with E-state index in [9.17, 15) is 0 Å². The molecule has 0 unspecified atom stereocenters. The highest BCUT2D eigenvalue weighted by molar-refractivity contribution is 5.12. The van der Waals surface area contributed by atoms with Crippen molar-refractivity contribution in [1.29, 1.82) is 0 Å². The molecule has 0 aromatic heterocycles. The fraction of sp³-hybridized carbons (Fsp3) is 0.739. The molecule has 154 valence electrons. The normalized spacial score (nSPS) is 9.73. The molecule has 0 radical (unpaired) electrons. The topological polar surface area (TPSA) is 60.7 Å². The van der Waals surface area contributed by atoms with E-state index < -0.39 is 0 Å². The Balaban J connectivity index is 0. The summed E-state index contributed by atoms with van der Waals surface area (Å²) in [6, 6.07) is 9.52. The van der Waals surface area contributed by atoms with Gasteiger partial charge in [-0.25, -0.2) is 0 Å². The van der Waals surface area contributed by atoms with Crippen molar-refractivity contribution < 1.29 is 15.3 Å². The molecule has 0 fully saturated rings. The van der Waals surface area contributed by atoms with Crippen LogP contribution in [0.4, 0.5) is 0 Å². The summed E-state index contributed by atoms with van der Waals surface area (Å²) in [4.78, 5) is 0. The summed E-state index contributed by atoms with van der Waals surface area (Å²) in [6.07, 6.45) is 16.2. The van der Waals surface area contributed by atoms with Crippen LogP contribution in [0, 0.1) is 0 Å². The Morgan fingerprint density at radius 2 is 0.962 bits per heavy atom. The molecule has 0 bridgehead atoms. The van der Waals surface area contributed by atoms with Crippen LogP contribution in [-0.4, -0.2) is 28.5 Å². The second-order valence-corrected chi connectivity index (χ2v) is 6.57. The summed E-state index contributed by atoms with van der Waals surface area (Å²) in [5.74, 6) is 0. The van der Waals surface area contributed by atoms with Crippen LogP contribution in [0.2, 0.25) is 0 Å². The Bertz CT molecular complexity index is 315. The van der Waals surface area contributed by atoms with E-state index in [0.29, 0.717) is 6.61 Å². The number of rotatable bonds is 13. The fourth-order valence-corrected chi connectivity index (χ4v) is 2.54. The molecule has 3 N–H and O–H groups in total. The van der Waals surface area contributed by atoms with E-state index in [1.165, 1.54) is 70.6 Å². The second-order valence-electron chi connectivity index (χ2n) is 6.57. The van der Waals surface area contributed by atoms with Gasteiger partial charge in [0.05, 0.1) is 6.61 Å². The van der Waals surface area contributed by atoms with Gasteiger partial charge in [0.15, 0.2) is 0 Å². The molecule has 0 aliphatic rings. The van der Waals surface area contributed by atoms with Crippen molar-refractivity contribution in [3.63, 3.8) is 0 Å². The molecule has 0 aliphatic carbocycles. The van der Waals surface area contributed by atoms with E-state index in [4.69, 9.17) is 15.3 Å². The van der Waals surface area contributed by atoms with Crippen LogP contribution >= 0.6 is 0 Å². The molecule has 0 amide bonds. The lowest BCUT2D eigenvalue weighted by Crippen LogP contribution is -1.84. The maximum Gasteiger partial charge on any atom is 0.0681 e. The minimum Gasteiger partial charge on any atom is -0.397 e. The lowest BCUT2D eigenvalue weighted by atomic mass is 10.1. The Morgan fingerprint density at radius 1 is 0.577 bits per heavy atom. The zero-order valence-corrected chi connectivity index (χ0v) is 17.3. The molecule has 0 aliphatic heterocycles. The quantitative estimate of drug-likeness (QED) is 0.382. The third-order valence-electron chi connectivity index (χ3n) is 4.04. The predicted octanol–water partition coefficient (Wildman–Crippen LogP) is 5.86. The Morgan fingerprint density at radius 3 is 1.27 bits per heavy atom. The minimum atomic E-state index is 0.140. The molecule has 0 heterocycles. The van der Waals surface area contributed by atoms with E-state index in [-0.39, 0.29) is 13.2 Å². The number of unbranched alkanes of at least 4 members (excludes halogenated alkanes) is 11. The largest absolute Gasteiger partial charge is 0.397 e. The highest BCUT2D eigenvalue weighted by Crippen LogP contribution is 2.11. The molecule has 0 saturated carbocycles. The third-order valence-corrected chi connectivity index (χ3v) is 4.04. The first-order chi connectivity index (χ1) is 12.8. The molecule has 1 aromatic rings. The molecule has 1 aromatic carbocycles. The van der Waals surface area contributed by atoms with Crippen LogP contribution in [0.1, 0.15) is 96.5 Å². The predicted molar refractivity (Wildman–Crippen MR) is 113 cm³/mol.